The summed E-state index contributed by atoms with van der Waals surface area (Å²) >= 11 is 0. The first-order chi connectivity index (χ1) is 10.1. The number of halogens is 1. The molecule has 116 valence electrons. The Labute approximate surface area is 125 Å². The molecule has 0 saturated carbocycles. The van der Waals surface area contributed by atoms with E-state index in [4.69, 9.17) is 0 Å². The van der Waals surface area contributed by atoms with E-state index in [1.165, 1.54) is 12.1 Å². The molecule has 0 aliphatic carbocycles. The van der Waals surface area contributed by atoms with Crippen LogP contribution in [0.3, 0.4) is 0 Å². The highest BCUT2D eigenvalue weighted by Gasteiger charge is 2.26. The predicted octanol–water partition coefficient (Wildman–Crippen LogP) is 2.77. The summed E-state index contributed by atoms with van der Waals surface area (Å²) < 4.78 is 12.8. The van der Waals surface area contributed by atoms with E-state index < -0.39 is 0 Å². The van der Waals surface area contributed by atoms with Crippen LogP contribution < -0.4 is 0 Å². The number of likely N-dealkylation sites (tertiary alicyclic amines) is 1. The SMILES string of the molecule is CCC(O)C1CCN(C(=O)CCc2ccc(F)cc2)CC1. The van der Waals surface area contributed by atoms with Crippen LogP contribution in [0.5, 0.6) is 0 Å². The van der Waals surface area contributed by atoms with Gasteiger partial charge in [-0.25, -0.2) is 4.39 Å². The molecule has 1 atom stereocenters. The molecule has 1 fully saturated rings. The van der Waals surface area contributed by atoms with Crippen molar-refractivity contribution in [2.24, 2.45) is 5.92 Å². The van der Waals surface area contributed by atoms with E-state index in [0.717, 1.165) is 37.9 Å². The number of piperidine rings is 1. The van der Waals surface area contributed by atoms with E-state index in [9.17, 15) is 14.3 Å². The normalized spacial score (nSPS) is 17.8. The van der Waals surface area contributed by atoms with Gasteiger partial charge in [-0.1, -0.05) is 19.1 Å². The van der Waals surface area contributed by atoms with Crippen molar-refractivity contribution in [3.05, 3.63) is 35.6 Å². The zero-order valence-electron chi connectivity index (χ0n) is 12.6. The lowest BCUT2D eigenvalue weighted by atomic mass is 9.90. The van der Waals surface area contributed by atoms with Gasteiger partial charge in [0.05, 0.1) is 6.10 Å². The summed E-state index contributed by atoms with van der Waals surface area (Å²) in [6.45, 7) is 3.47. The fourth-order valence-electron chi connectivity index (χ4n) is 2.93. The Balaban J connectivity index is 1.76. The Morgan fingerprint density at radius 1 is 1.33 bits per heavy atom. The largest absolute Gasteiger partial charge is 0.393 e. The number of hydrogen-bond donors (Lipinski definition) is 1. The fraction of sp³-hybridized carbons (Fsp3) is 0.588. The molecule has 4 heteroatoms. The van der Waals surface area contributed by atoms with E-state index in [1.54, 1.807) is 12.1 Å². The van der Waals surface area contributed by atoms with Gasteiger partial charge in [0.1, 0.15) is 5.82 Å². The van der Waals surface area contributed by atoms with Gasteiger partial charge < -0.3 is 10.0 Å². The molecule has 1 aliphatic rings. The quantitative estimate of drug-likeness (QED) is 0.907. The fourth-order valence-corrected chi connectivity index (χ4v) is 2.93. The third kappa shape index (κ3) is 4.53. The average Bonchev–Trinajstić information content (AvgIpc) is 2.53. The maximum absolute atomic E-state index is 12.8. The number of benzene rings is 1. The maximum Gasteiger partial charge on any atom is 0.222 e. The van der Waals surface area contributed by atoms with Crippen molar-refractivity contribution in [1.29, 1.82) is 0 Å². The lowest BCUT2D eigenvalue weighted by Gasteiger charge is -2.34. The first-order valence-electron chi connectivity index (χ1n) is 7.80. The highest BCUT2D eigenvalue weighted by molar-refractivity contribution is 5.76. The summed E-state index contributed by atoms with van der Waals surface area (Å²) in [6.07, 6.45) is 3.43. The lowest BCUT2D eigenvalue weighted by molar-refractivity contribution is -0.133. The van der Waals surface area contributed by atoms with Gasteiger partial charge in [0.2, 0.25) is 5.91 Å². The number of carbonyl (C=O) groups excluding carboxylic acids is 1. The van der Waals surface area contributed by atoms with Crippen LogP contribution in [0.25, 0.3) is 0 Å². The van der Waals surface area contributed by atoms with Crippen molar-refractivity contribution in [3.63, 3.8) is 0 Å². The molecule has 2 rings (SSSR count). The number of nitrogens with zero attached hydrogens (tertiary/aromatic N) is 1. The van der Waals surface area contributed by atoms with Crippen LogP contribution in [0.2, 0.25) is 0 Å². The van der Waals surface area contributed by atoms with Crippen molar-refractivity contribution in [2.75, 3.05) is 13.1 Å². The first kappa shape index (κ1) is 16.0. The molecule has 1 unspecified atom stereocenters. The molecule has 1 saturated heterocycles. The van der Waals surface area contributed by atoms with Gasteiger partial charge in [-0.05, 0) is 49.3 Å². The molecule has 1 amide bonds. The number of aliphatic hydroxyl groups excluding tert-OH is 1. The average molecular weight is 293 g/mol. The van der Waals surface area contributed by atoms with Crippen LogP contribution in [0.4, 0.5) is 4.39 Å². The van der Waals surface area contributed by atoms with Gasteiger partial charge in [0, 0.05) is 19.5 Å². The van der Waals surface area contributed by atoms with Gasteiger partial charge >= 0.3 is 0 Å². The van der Waals surface area contributed by atoms with Crippen LogP contribution in [-0.4, -0.2) is 35.1 Å². The van der Waals surface area contributed by atoms with Crippen molar-refractivity contribution in [1.82, 2.24) is 4.90 Å². The van der Waals surface area contributed by atoms with Crippen LogP contribution in [0.1, 0.15) is 38.2 Å². The Morgan fingerprint density at radius 3 is 2.52 bits per heavy atom. The Kier molecular flexibility index (Phi) is 5.74. The van der Waals surface area contributed by atoms with Crippen molar-refractivity contribution in [2.45, 2.75) is 45.1 Å². The van der Waals surface area contributed by atoms with Crippen LogP contribution >= 0.6 is 0 Å². The van der Waals surface area contributed by atoms with Gasteiger partial charge in [-0.2, -0.15) is 0 Å². The van der Waals surface area contributed by atoms with Gasteiger partial charge in [-0.15, -0.1) is 0 Å². The standard InChI is InChI=1S/C17H24FNO2/c1-2-16(20)14-9-11-19(12-10-14)17(21)8-5-13-3-6-15(18)7-4-13/h3-4,6-7,14,16,20H,2,5,8-12H2,1H3. The molecule has 0 radical (unpaired) electrons. The van der Waals surface area contributed by atoms with Crippen molar-refractivity contribution < 1.29 is 14.3 Å². The molecule has 1 aliphatic heterocycles. The van der Waals surface area contributed by atoms with E-state index in [-0.39, 0.29) is 17.8 Å². The first-order valence-corrected chi connectivity index (χ1v) is 7.80. The molecular formula is C17H24FNO2. The topological polar surface area (TPSA) is 40.5 Å². The summed E-state index contributed by atoms with van der Waals surface area (Å²) in [5, 5.41) is 9.85. The number of amides is 1. The number of rotatable bonds is 5. The second-order valence-corrected chi connectivity index (χ2v) is 5.82. The second-order valence-electron chi connectivity index (χ2n) is 5.82. The van der Waals surface area contributed by atoms with Gasteiger partial charge in [0.25, 0.3) is 0 Å². The molecule has 1 N–H and O–H groups in total. The smallest absolute Gasteiger partial charge is 0.222 e. The monoisotopic (exact) mass is 293 g/mol. The van der Waals surface area contributed by atoms with Gasteiger partial charge in [-0.3, -0.25) is 4.79 Å². The second kappa shape index (κ2) is 7.55. The molecule has 3 nitrogen and oxygen atoms in total. The third-order valence-electron chi connectivity index (χ3n) is 4.40. The summed E-state index contributed by atoms with van der Waals surface area (Å²) in [7, 11) is 0. The van der Waals surface area contributed by atoms with Crippen LogP contribution in [-0.2, 0) is 11.2 Å². The summed E-state index contributed by atoms with van der Waals surface area (Å²) in [6, 6.07) is 6.31. The van der Waals surface area contributed by atoms with Crippen LogP contribution in [0, 0.1) is 11.7 Å². The maximum atomic E-state index is 12.8. The minimum absolute atomic E-state index is 0.156. The molecule has 1 aromatic carbocycles. The summed E-state index contributed by atoms with van der Waals surface area (Å²) in [5.74, 6) is 0.238. The van der Waals surface area contributed by atoms with E-state index in [1.807, 2.05) is 11.8 Å². The summed E-state index contributed by atoms with van der Waals surface area (Å²) in [5.41, 5.74) is 0.987. The molecule has 1 heterocycles. The molecular weight excluding hydrogens is 269 g/mol. The number of aliphatic hydroxyl groups is 1. The number of carbonyl (C=O) groups is 1. The van der Waals surface area contributed by atoms with Crippen molar-refractivity contribution >= 4 is 5.91 Å². The molecule has 0 spiro atoms. The molecule has 21 heavy (non-hydrogen) atoms. The van der Waals surface area contributed by atoms with Gasteiger partial charge in [0.15, 0.2) is 0 Å². The minimum atomic E-state index is -0.248. The van der Waals surface area contributed by atoms with E-state index in [2.05, 4.69) is 0 Å². The molecule has 1 aromatic rings. The molecule has 0 bridgehead atoms. The Hall–Kier alpha value is -1.42. The minimum Gasteiger partial charge on any atom is -0.393 e. The predicted molar refractivity (Wildman–Crippen MR) is 80.3 cm³/mol. The third-order valence-corrected chi connectivity index (χ3v) is 4.40. The Morgan fingerprint density at radius 2 is 1.95 bits per heavy atom. The molecule has 0 aromatic heterocycles. The lowest BCUT2D eigenvalue weighted by Crippen LogP contribution is -2.41. The van der Waals surface area contributed by atoms with Crippen LogP contribution in [0.15, 0.2) is 24.3 Å². The zero-order chi connectivity index (χ0) is 15.2. The van der Waals surface area contributed by atoms with Crippen molar-refractivity contribution in [3.8, 4) is 0 Å². The number of hydrogen-bond acceptors (Lipinski definition) is 2. The zero-order valence-corrected chi connectivity index (χ0v) is 12.6. The van der Waals surface area contributed by atoms with E-state index >= 15 is 0 Å². The van der Waals surface area contributed by atoms with E-state index in [0.29, 0.717) is 18.8 Å². The highest BCUT2D eigenvalue weighted by Crippen LogP contribution is 2.23. The highest BCUT2D eigenvalue weighted by atomic mass is 19.1. The summed E-state index contributed by atoms with van der Waals surface area (Å²) in [4.78, 5) is 14.1. The Bertz CT molecular complexity index is 452. The number of aryl methyl sites for hydroxylation is 1.